The molecule has 0 spiro atoms. The Hall–Kier alpha value is -3.23. The number of carbonyl (C=O) groups is 5. The number of nitrogens with zero attached hydrogens (tertiary/aromatic N) is 2. The topological polar surface area (TPSA) is 124 Å². The number of piperidine rings is 2. The van der Waals surface area contributed by atoms with Crippen molar-refractivity contribution in [1.82, 2.24) is 10.2 Å². The fourth-order valence-corrected chi connectivity index (χ4v) is 4.46. The summed E-state index contributed by atoms with van der Waals surface area (Å²) in [7, 11) is 0. The van der Waals surface area contributed by atoms with E-state index in [1.807, 2.05) is 0 Å². The molecule has 0 radical (unpaired) electrons. The van der Waals surface area contributed by atoms with Crippen LogP contribution in [0, 0.1) is 5.92 Å². The number of hydrogen-bond donors (Lipinski definition) is 2. The molecule has 158 valence electrons. The Morgan fingerprint density at radius 1 is 1.03 bits per heavy atom. The van der Waals surface area contributed by atoms with Gasteiger partial charge in [0.25, 0.3) is 11.8 Å². The maximum Gasteiger partial charge on any atom is 0.303 e. The summed E-state index contributed by atoms with van der Waals surface area (Å²) in [5.74, 6) is -2.45. The lowest BCUT2D eigenvalue weighted by Gasteiger charge is -2.33. The van der Waals surface area contributed by atoms with Crippen molar-refractivity contribution < 1.29 is 29.1 Å². The van der Waals surface area contributed by atoms with Gasteiger partial charge in [0.15, 0.2) is 0 Å². The van der Waals surface area contributed by atoms with Gasteiger partial charge in [-0.05, 0) is 49.8 Å². The predicted octanol–water partition coefficient (Wildman–Crippen LogP) is 1.17. The maximum absolute atomic E-state index is 12.9. The summed E-state index contributed by atoms with van der Waals surface area (Å²) in [5, 5.41) is 11.0. The first-order valence-corrected chi connectivity index (χ1v) is 10.2. The average Bonchev–Trinajstić information content (AvgIpc) is 2.97. The standard InChI is InChI=1S/C21H23N3O6/c25-17-5-4-16(19(28)22-17)24-20(29)14-3-2-13(11-15(14)21(24)30)23-9-7-12(8-10-23)1-6-18(26)27/h2-3,11-12,16H,1,4-10H2,(H,26,27)(H,22,25,28). The van der Waals surface area contributed by atoms with Crippen LogP contribution in [-0.2, 0) is 14.4 Å². The normalized spacial score (nSPS) is 22.3. The van der Waals surface area contributed by atoms with Crippen LogP contribution in [-0.4, -0.2) is 58.7 Å². The molecule has 1 aromatic carbocycles. The molecule has 3 aliphatic rings. The molecule has 4 rings (SSSR count). The van der Waals surface area contributed by atoms with Crippen LogP contribution in [0.4, 0.5) is 5.69 Å². The van der Waals surface area contributed by atoms with E-state index in [9.17, 15) is 24.0 Å². The van der Waals surface area contributed by atoms with Gasteiger partial charge in [0, 0.05) is 31.6 Å². The van der Waals surface area contributed by atoms with E-state index in [2.05, 4.69) is 10.2 Å². The lowest BCUT2D eigenvalue weighted by Crippen LogP contribution is -2.54. The van der Waals surface area contributed by atoms with Crippen LogP contribution in [0.2, 0.25) is 0 Å². The molecule has 0 aromatic heterocycles. The number of carboxylic acid groups (broad SMARTS) is 1. The lowest BCUT2D eigenvalue weighted by atomic mass is 9.92. The fraction of sp³-hybridized carbons (Fsp3) is 0.476. The quantitative estimate of drug-likeness (QED) is 0.694. The fourth-order valence-electron chi connectivity index (χ4n) is 4.46. The largest absolute Gasteiger partial charge is 0.481 e. The van der Waals surface area contributed by atoms with Gasteiger partial charge in [-0.2, -0.15) is 0 Å². The van der Waals surface area contributed by atoms with Crippen LogP contribution in [0.1, 0.15) is 59.2 Å². The summed E-state index contributed by atoms with van der Waals surface area (Å²) in [5.41, 5.74) is 1.37. The number of carboxylic acids is 1. The molecule has 2 fully saturated rings. The highest BCUT2D eigenvalue weighted by Crippen LogP contribution is 2.32. The van der Waals surface area contributed by atoms with E-state index in [1.54, 1.807) is 18.2 Å². The monoisotopic (exact) mass is 413 g/mol. The van der Waals surface area contributed by atoms with Gasteiger partial charge in [0.2, 0.25) is 11.8 Å². The van der Waals surface area contributed by atoms with E-state index in [0.717, 1.165) is 36.5 Å². The number of carbonyl (C=O) groups excluding carboxylic acids is 4. The summed E-state index contributed by atoms with van der Waals surface area (Å²) in [6.45, 7) is 1.50. The number of imide groups is 2. The summed E-state index contributed by atoms with van der Waals surface area (Å²) in [6, 6.07) is 4.14. The van der Waals surface area contributed by atoms with Crippen LogP contribution in [0.25, 0.3) is 0 Å². The van der Waals surface area contributed by atoms with Gasteiger partial charge in [-0.1, -0.05) is 0 Å². The minimum Gasteiger partial charge on any atom is -0.481 e. The van der Waals surface area contributed by atoms with Crippen molar-refractivity contribution in [1.29, 1.82) is 0 Å². The molecule has 9 nitrogen and oxygen atoms in total. The molecule has 9 heteroatoms. The van der Waals surface area contributed by atoms with Crippen molar-refractivity contribution in [2.24, 2.45) is 5.92 Å². The molecule has 0 saturated carbocycles. The Labute approximate surface area is 173 Å². The molecule has 1 unspecified atom stereocenters. The van der Waals surface area contributed by atoms with Gasteiger partial charge in [-0.25, -0.2) is 0 Å². The Balaban J connectivity index is 1.47. The zero-order valence-electron chi connectivity index (χ0n) is 16.4. The van der Waals surface area contributed by atoms with Crippen molar-refractivity contribution in [2.75, 3.05) is 18.0 Å². The number of hydrogen-bond acceptors (Lipinski definition) is 6. The van der Waals surface area contributed by atoms with Crippen molar-refractivity contribution in [3.05, 3.63) is 29.3 Å². The highest BCUT2D eigenvalue weighted by Gasteiger charge is 2.44. The number of benzene rings is 1. The van der Waals surface area contributed by atoms with Crippen LogP contribution >= 0.6 is 0 Å². The number of rotatable bonds is 5. The van der Waals surface area contributed by atoms with E-state index in [1.165, 1.54) is 0 Å². The highest BCUT2D eigenvalue weighted by atomic mass is 16.4. The molecule has 3 heterocycles. The summed E-state index contributed by atoms with van der Waals surface area (Å²) in [6.07, 6.45) is 2.82. The Morgan fingerprint density at radius 2 is 1.73 bits per heavy atom. The molecule has 3 aliphatic heterocycles. The molecule has 1 aromatic rings. The van der Waals surface area contributed by atoms with Crippen LogP contribution < -0.4 is 10.2 Å². The average molecular weight is 413 g/mol. The van der Waals surface area contributed by atoms with E-state index in [0.29, 0.717) is 12.3 Å². The SMILES string of the molecule is O=C(O)CCC1CCN(c2ccc3c(c2)C(=O)N(C2CCC(=O)NC2=O)C3=O)CC1. The summed E-state index contributed by atoms with van der Waals surface area (Å²) in [4.78, 5) is 63.1. The second-order valence-corrected chi connectivity index (χ2v) is 8.04. The van der Waals surface area contributed by atoms with E-state index in [4.69, 9.17) is 5.11 Å². The van der Waals surface area contributed by atoms with E-state index >= 15 is 0 Å². The first-order valence-electron chi connectivity index (χ1n) is 10.2. The summed E-state index contributed by atoms with van der Waals surface area (Å²) >= 11 is 0. The molecular weight excluding hydrogens is 390 g/mol. The van der Waals surface area contributed by atoms with Gasteiger partial charge in [-0.15, -0.1) is 0 Å². The Kier molecular flexibility index (Phi) is 5.27. The smallest absolute Gasteiger partial charge is 0.303 e. The Morgan fingerprint density at radius 3 is 2.40 bits per heavy atom. The molecular formula is C21H23N3O6. The van der Waals surface area contributed by atoms with Crippen LogP contribution in [0.15, 0.2) is 18.2 Å². The second kappa shape index (κ2) is 7.89. The van der Waals surface area contributed by atoms with Gasteiger partial charge in [0.1, 0.15) is 6.04 Å². The predicted molar refractivity (Wildman–Crippen MR) is 105 cm³/mol. The van der Waals surface area contributed by atoms with E-state index in [-0.39, 0.29) is 30.4 Å². The second-order valence-electron chi connectivity index (χ2n) is 8.04. The zero-order chi connectivity index (χ0) is 21.4. The third kappa shape index (κ3) is 3.67. The third-order valence-corrected chi connectivity index (χ3v) is 6.17. The molecule has 4 amide bonds. The van der Waals surface area contributed by atoms with Crippen molar-refractivity contribution in [2.45, 2.75) is 44.6 Å². The number of aliphatic carboxylic acids is 1. The minimum absolute atomic E-state index is 0.0892. The summed E-state index contributed by atoms with van der Waals surface area (Å²) < 4.78 is 0. The number of anilines is 1. The highest BCUT2D eigenvalue weighted by molar-refractivity contribution is 6.23. The minimum atomic E-state index is -0.969. The van der Waals surface area contributed by atoms with Crippen molar-refractivity contribution in [3.63, 3.8) is 0 Å². The lowest BCUT2D eigenvalue weighted by molar-refractivity contribution is -0.138. The van der Waals surface area contributed by atoms with Crippen LogP contribution in [0.5, 0.6) is 0 Å². The number of nitrogens with one attached hydrogen (secondary N) is 1. The Bertz CT molecular complexity index is 935. The first-order chi connectivity index (χ1) is 14.3. The van der Waals surface area contributed by atoms with Gasteiger partial charge >= 0.3 is 5.97 Å². The van der Waals surface area contributed by atoms with Crippen molar-refractivity contribution >= 4 is 35.3 Å². The molecule has 1 atom stereocenters. The molecule has 30 heavy (non-hydrogen) atoms. The molecule has 0 bridgehead atoms. The zero-order valence-corrected chi connectivity index (χ0v) is 16.4. The van der Waals surface area contributed by atoms with Gasteiger partial charge < -0.3 is 10.0 Å². The molecule has 2 N–H and O–H groups in total. The number of amides is 4. The van der Waals surface area contributed by atoms with Gasteiger partial charge in [-0.3, -0.25) is 34.2 Å². The van der Waals surface area contributed by atoms with Gasteiger partial charge in [0.05, 0.1) is 11.1 Å². The van der Waals surface area contributed by atoms with E-state index < -0.39 is 35.6 Å². The first kappa shape index (κ1) is 20.1. The van der Waals surface area contributed by atoms with Crippen LogP contribution in [0.3, 0.4) is 0 Å². The number of fused-ring (bicyclic) bond motifs is 1. The molecule has 2 saturated heterocycles. The molecule has 0 aliphatic carbocycles. The maximum atomic E-state index is 12.9. The third-order valence-electron chi connectivity index (χ3n) is 6.17. The van der Waals surface area contributed by atoms with Crippen molar-refractivity contribution in [3.8, 4) is 0 Å².